The van der Waals surface area contributed by atoms with Crippen molar-refractivity contribution in [1.82, 2.24) is 5.32 Å². The normalized spacial score (nSPS) is 12.6. The minimum atomic E-state index is -3.50. The Morgan fingerprint density at radius 2 is 1.70 bits per heavy atom. The molecule has 0 saturated carbocycles. The minimum absolute atomic E-state index is 0.00919. The van der Waals surface area contributed by atoms with E-state index in [1.54, 1.807) is 18.2 Å². The van der Waals surface area contributed by atoms with Gasteiger partial charge in [-0.25, -0.2) is 13.2 Å². The molecule has 0 saturated heterocycles. The molecule has 12 heteroatoms. The van der Waals surface area contributed by atoms with E-state index in [1.807, 2.05) is 0 Å². The molecular formula is C25H20Cl2NO7PS. The van der Waals surface area contributed by atoms with E-state index in [0.717, 1.165) is 6.26 Å². The number of phenolic OH excluding ortho intramolecular Hbond substituents is 1. The van der Waals surface area contributed by atoms with E-state index < -0.39 is 35.9 Å². The van der Waals surface area contributed by atoms with Crippen LogP contribution in [-0.2, 0) is 21.1 Å². The van der Waals surface area contributed by atoms with Gasteiger partial charge in [0.15, 0.2) is 9.84 Å². The Kier molecular flexibility index (Phi) is 9.19. The van der Waals surface area contributed by atoms with Crippen LogP contribution >= 0.6 is 31.4 Å². The number of aromatic hydroxyl groups is 1. The van der Waals surface area contributed by atoms with Crippen molar-refractivity contribution < 1.29 is 33.1 Å². The Morgan fingerprint density at radius 3 is 2.30 bits per heavy atom. The first-order valence-electron chi connectivity index (χ1n) is 10.5. The number of benzene rings is 3. The number of hydrogen-bond acceptors (Lipinski definition) is 6. The summed E-state index contributed by atoms with van der Waals surface area (Å²) < 4.78 is 23.6. The zero-order valence-corrected chi connectivity index (χ0v) is 22.4. The van der Waals surface area contributed by atoms with E-state index in [1.165, 1.54) is 42.5 Å². The first kappa shape index (κ1) is 28.5. The molecule has 0 fully saturated rings. The lowest BCUT2D eigenvalue weighted by Crippen LogP contribution is -2.42. The fourth-order valence-corrected chi connectivity index (χ4v) is 5.43. The zero-order valence-electron chi connectivity index (χ0n) is 19.1. The molecule has 2 unspecified atom stereocenters. The SMILES string of the molecule is CS(=O)(=O)c1cccc(CC(NC(=O)c2c(Cl)cc(C#CP(O)c3cccc(O)c3)cc2Cl)C(=O)O)c1. The molecule has 4 N–H and O–H groups in total. The third-order valence-electron chi connectivity index (χ3n) is 5.02. The highest BCUT2D eigenvalue weighted by atomic mass is 35.5. The molecule has 3 aromatic carbocycles. The first-order valence-corrected chi connectivity index (χ1v) is 14.4. The van der Waals surface area contributed by atoms with E-state index in [-0.39, 0.29) is 32.7 Å². The lowest BCUT2D eigenvalue weighted by molar-refractivity contribution is -0.139. The summed E-state index contributed by atoms with van der Waals surface area (Å²) in [5.74, 6) is 0.534. The van der Waals surface area contributed by atoms with Gasteiger partial charge in [0.05, 0.1) is 20.5 Å². The average molecular weight is 580 g/mol. The third-order valence-corrected chi connectivity index (χ3v) is 7.82. The monoisotopic (exact) mass is 579 g/mol. The summed E-state index contributed by atoms with van der Waals surface area (Å²) in [4.78, 5) is 35.0. The quantitative estimate of drug-likeness (QED) is 0.248. The van der Waals surface area contributed by atoms with Crippen LogP contribution < -0.4 is 10.6 Å². The van der Waals surface area contributed by atoms with Gasteiger partial charge in [0.1, 0.15) is 19.9 Å². The predicted octanol–water partition coefficient (Wildman–Crippen LogP) is 3.55. The second-order valence-corrected chi connectivity index (χ2v) is 12.1. The van der Waals surface area contributed by atoms with Crippen molar-refractivity contribution in [2.75, 3.05) is 6.26 Å². The van der Waals surface area contributed by atoms with Crippen molar-refractivity contribution in [3.05, 3.63) is 87.4 Å². The molecule has 0 aromatic heterocycles. The lowest BCUT2D eigenvalue weighted by atomic mass is 10.0. The Morgan fingerprint density at radius 1 is 1.05 bits per heavy atom. The van der Waals surface area contributed by atoms with Crippen molar-refractivity contribution >= 4 is 58.4 Å². The summed E-state index contributed by atoms with van der Waals surface area (Å²) in [5.41, 5.74) is 3.19. The van der Waals surface area contributed by atoms with Gasteiger partial charge in [-0.2, -0.15) is 0 Å². The van der Waals surface area contributed by atoms with Crippen LogP contribution in [0.15, 0.2) is 65.6 Å². The van der Waals surface area contributed by atoms with Crippen LogP contribution in [-0.4, -0.2) is 47.7 Å². The molecule has 192 valence electrons. The van der Waals surface area contributed by atoms with Gasteiger partial charge in [-0.3, -0.25) is 4.79 Å². The molecule has 0 aliphatic heterocycles. The number of aliphatic carboxylic acids is 1. The molecule has 1 amide bonds. The van der Waals surface area contributed by atoms with Crippen LogP contribution in [0.4, 0.5) is 0 Å². The van der Waals surface area contributed by atoms with E-state index in [2.05, 4.69) is 16.9 Å². The Bertz CT molecular complexity index is 1510. The summed E-state index contributed by atoms with van der Waals surface area (Å²) in [6, 6.07) is 13.1. The first-order chi connectivity index (χ1) is 17.3. The fraction of sp³-hybridized carbons (Fsp3) is 0.120. The van der Waals surface area contributed by atoms with Crippen LogP contribution in [0.25, 0.3) is 0 Å². The zero-order chi connectivity index (χ0) is 27.3. The summed E-state index contributed by atoms with van der Waals surface area (Å²) in [7, 11) is -5.40. The largest absolute Gasteiger partial charge is 0.508 e. The number of rotatable bonds is 7. The van der Waals surface area contributed by atoms with Crippen molar-refractivity contribution in [2.45, 2.75) is 17.4 Å². The maximum atomic E-state index is 12.9. The standard InChI is InChI=1S/C25H20Cl2NO7PS/c1-37(34,35)19-7-2-4-15(10-19)13-22(25(31)32)28-24(30)23-20(26)11-16(12-21(23)27)8-9-36(33)18-6-3-5-17(29)14-18/h2-7,10-12,14,22,29,33H,13H2,1H3,(H,28,30)(H,31,32). The number of halogens is 2. The molecule has 2 atom stereocenters. The molecule has 0 aliphatic rings. The number of sulfone groups is 1. The Balaban J connectivity index is 1.80. The molecule has 0 spiro atoms. The van der Waals surface area contributed by atoms with Crippen LogP contribution in [0.5, 0.6) is 5.75 Å². The van der Waals surface area contributed by atoms with Crippen LogP contribution in [0.2, 0.25) is 10.0 Å². The Hall–Kier alpha value is -3.12. The van der Waals surface area contributed by atoms with Gasteiger partial charge in [0.25, 0.3) is 5.91 Å². The number of carbonyl (C=O) groups excluding carboxylic acids is 1. The van der Waals surface area contributed by atoms with E-state index in [0.29, 0.717) is 16.4 Å². The second kappa shape index (κ2) is 12.0. The van der Waals surface area contributed by atoms with Gasteiger partial charge in [0.2, 0.25) is 0 Å². The summed E-state index contributed by atoms with van der Waals surface area (Å²) in [6.07, 6.45) is 0.854. The highest BCUT2D eigenvalue weighted by molar-refractivity contribution is 7.90. The number of hydrogen-bond donors (Lipinski definition) is 4. The number of carbonyl (C=O) groups is 2. The van der Waals surface area contributed by atoms with Gasteiger partial charge in [-0.05, 0) is 47.6 Å². The number of carboxylic acids is 1. The second-order valence-electron chi connectivity index (χ2n) is 7.87. The van der Waals surface area contributed by atoms with Crippen LogP contribution in [0.3, 0.4) is 0 Å². The van der Waals surface area contributed by atoms with Gasteiger partial charge in [-0.1, -0.05) is 53.4 Å². The van der Waals surface area contributed by atoms with Gasteiger partial charge >= 0.3 is 5.97 Å². The summed E-state index contributed by atoms with van der Waals surface area (Å²) in [6.45, 7) is 0. The molecule has 3 aromatic rings. The number of carboxylic acid groups (broad SMARTS) is 1. The predicted molar refractivity (Wildman–Crippen MR) is 142 cm³/mol. The molecule has 0 heterocycles. The summed E-state index contributed by atoms with van der Waals surface area (Å²) in [5, 5.41) is 21.8. The van der Waals surface area contributed by atoms with Crippen molar-refractivity contribution in [1.29, 1.82) is 0 Å². The maximum absolute atomic E-state index is 12.9. The van der Waals surface area contributed by atoms with Crippen LogP contribution in [0.1, 0.15) is 21.5 Å². The average Bonchev–Trinajstić information content (AvgIpc) is 2.81. The molecular weight excluding hydrogens is 560 g/mol. The maximum Gasteiger partial charge on any atom is 0.326 e. The van der Waals surface area contributed by atoms with Crippen molar-refractivity contribution in [3.8, 4) is 17.3 Å². The van der Waals surface area contributed by atoms with Crippen molar-refractivity contribution in [2.24, 2.45) is 0 Å². The van der Waals surface area contributed by atoms with E-state index in [4.69, 9.17) is 23.2 Å². The molecule has 8 nitrogen and oxygen atoms in total. The minimum Gasteiger partial charge on any atom is -0.508 e. The number of amides is 1. The number of nitrogens with one attached hydrogen (secondary N) is 1. The molecule has 37 heavy (non-hydrogen) atoms. The fourth-order valence-electron chi connectivity index (χ4n) is 3.24. The smallest absolute Gasteiger partial charge is 0.326 e. The molecule has 0 radical (unpaired) electrons. The van der Waals surface area contributed by atoms with Crippen LogP contribution in [0, 0.1) is 11.6 Å². The lowest BCUT2D eigenvalue weighted by Gasteiger charge is -2.16. The highest BCUT2D eigenvalue weighted by Crippen LogP contribution is 2.30. The molecule has 3 rings (SSSR count). The Labute approximate surface area is 224 Å². The third kappa shape index (κ3) is 7.68. The van der Waals surface area contributed by atoms with E-state index >= 15 is 0 Å². The van der Waals surface area contributed by atoms with Gasteiger partial charge < -0.3 is 20.4 Å². The molecule has 0 bridgehead atoms. The highest BCUT2D eigenvalue weighted by Gasteiger charge is 2.24. The van der Waals surface area contributed by atoms with Crippen molar-refractivity contribution in [3.63, 3.8) is 0 Å². The summed E-state index contributed by atoms with van der Waals surface area (Å²) >= 11 is 12.5. The number of phenols is 1. The van der Waals surface area contributed by atoms with Gasteiger partial charge in [0, 0.05) is 23.5 Å². The van der Waals surface area contributed by atoms with Gasteiger partial charge in [-0.15, -0.1) is 0 Å². The van der Waals surface area contributed by atoms with E-state index in [9.17, 15) is 33.1 Å². The topological polar surface area (TPSA) is 141 Å². The molecule has 0 aliphatic carbocycles.